The Morgan fingerprint density at radius 2 is 2.29 bits per heavy atom. The number of amides is 1. The van der Waals surface area contributed by atoms with Gasteiger partial charge in [0.05, 0.1) is 12.3 Å². The number of methoxy groups -OCH3 is 1. The van der Waals surface area contributed by atoms with Crippen molar-refractivity contribution in [3.05, 3.63) is 24.3 Å². The molecular weight excluding hydrogens is 220 g/mol. The summed E-state index contributed by atoms with van der Waals surface area (Å²) in [5.74, 6) is 0.0219. The lowest BCUT2D eigenvalue weighted by Gasteiger charge is -2.05. The minimum atomic E-state index is 0.0219. The molecule has 0 saturated heterocycles. The number of carbonyl (C=O) groups is 1. The van der Waals surface area contributed by atoms with Gasteiger partial charge in [0.25, 0.3) is 0 Å². The van der Waals surface area contributed by atoms with Gasteiger partial charge < -0.3 is 15.4 Å². The Labute approximate surface area is 101 Å². The molecule has 0 atom stereocenters. The van der Waals surface area contributed by atoms with Gasteiger partial charge in [-0.25, -0.2) is 0 Å². The molecule has 1 rings (SSSR count). The third-order valence-electron chi connectivity index (χ3n) is 2.08. The summed E-state index contributed by atoms with van der Waals surface area (Å²) in [4.78, 5) is 19.4. The normalized spacial score (nSPS) is 10.2. The highest BCUT2D eigenvalue weighted by Gasteiger charge is 2.00. The monoisotopic (exact) mass is 238 g/mol. The molecule has 0 aliphatic heterocycles. The Hall–Kier alpha value is -1.53. The Morgan fingerprint density at radius 1 is 1.41 bits per heavy atom. The summed E-state index contributed by atoms with van der Waals surface area (Å²) >= 11 is 0. The van der Waals surface area contributed by atoms with E-state index in [0.717, 1.165) is 5.69 Å². The predicted octanol–water partition coefficient (Wildman–Crippen LogP) is -0.281. The molecule has 0 radical (unpaired) electrons. The van der Waals surface area contributed by atoms with E-state index in [9.17, 15) is 4.79 Å². The fourth-order valence-corrected chi connectivity index (χ4v) is 1.22. The summed E-state index contributed by atoms with van der Waals surface area (Å²) in [5.41, 5.74) is 0.868. The number of nitrogens with zero attached hydrogens (tertiary/aromatic N) is 2. The minimum absolute atomic E-state index is 0.0219. The Morgan fingerprint density at radius 3 is 3.00 bits per heavy atom. The van der Waals surface area contributed by atoms with E-state index in [4.69, 9.17) is 4.74 Å². The van der Waals surface area contributed by atoms with Crippen LogP contribution < -0.4 is 10.6 Å². The highest BCUT2D eigenvalue weighted by Crippen LogP contribution is 1.88. The maximum atomic E-state index is 11.3. The van der Waals surface area contributed by atoms with E-state index in [0.29, 0.717) is 32.7 Å². The summed E-state index contributed by atoms with van der Waals surface area (Å²) in [6.45, 7) is 2.34. The fraction of sp³-hybridized carbons (Fsp3) is 0.545. The van der Waals surface area contributed by atoms with Crippen molar-refractivity contribution in [2.75, 3.05) is 26.8 Å². The van der Waals surface area contributed by atoms with Gasteiger partial charge in [-0.2, -0.15) is 0 Å². The first kappa shape index (κ1) is 13.5. The second kappa shape index (κ2) is 8.60. The van der Waals surface area contributed by atoms with Crippen LogP contribution in [0.15, 0.2) is 18.6 Å². The summed E-state index contributed by atoms with van der Waals surface area (Å²) in [6.07, 6.45) is 5.43. The molecule has 6 nitrogen and oxygen atoms in total. The summed E-state index contributed by atoms with van der Waals surface area (Å²) < 4.78 is 4.83. The van der Waals surface area contributed by atoms with Crippen molar-refractivity contribution in [1.82, 2.24) is 20.6 Å². The number of nitrogens with one attached hydrogen (secondary N) is 2. The van der Waals surface area contributed by atoms with Gasteiger partial charge in [-0.1, -0.05) is 0 Å². The van der Waals surface area contributed by atoms with E-state index in [1.54, 1.807) is 25.7 Å². The predicted molar refractivity (Wildman–Crippen MR) is 63.2 cm³/mol. The van der Waals surface area contributed by atoms with Crippen molar-refractivity contribution in [1.29, 1.82) is 0 Å². The van der Waals surface area contributed by atoms with Gasteiger partial charge in [0.2, 0.25) is 5.91 Å². The molecule has 0 fully saturated rings. The Balaban J connectivity index is 2.02. The average molecular weight is 238 g/mol. The molecule has 0 spiro atoms. The zero-order chi connectivity index (χ0) is 12.3. The van der Waals surface area contributed by atoms with Crippen molar-refractivity contribution in [2.45, 2.75) is 13.0 Å². The number of hydrogen-bond donors (Lipinski definition) is 2. The molecule has 1 heterocycles. The summed E-state index contributed by atoms with van der Waals surface area (Å²) in [6, 6.07) is 0. The molecule has 0 saturated carbocycles. The number of ether oxygens (including phenoxy) is 1. The molecule has 1 amide bonds. The first-order chi connectivity index (χ1) is 8.33. The molecule has 0 aromatic carbocycles. The number of aromatic nitrogens is 2. The van der Waals surface area contributed by atoms with E-state index >= 15 is 0 Å². The molecular formula is C11H18N4O2. The van der Waals surface area contributed by atoms with E-state index in [1.807, 2.05) is 0 Å². The molecule has 0 aliphatic rings. The molecule has 17 heavy (non-hydrogen) atoms. The van der Waals surface area contributed by atoms with Crippen LogP contribution in [0.25, 0.3) is 0 Å². The topological polar surface area (TPSA) is 76.1 Å². The Kier molecular flexibility index (Phi) is 6.85. The number of carbonyl (C=O) groups excluding carboxylic acids is 1. The third-order valence-corrected chi connectivity index (χ3v) is 2.08. The zero-order valence-electron chi connectivity index (χ0n) is 9.98. The van der Waals surface area contributed by atoms with Crippen molar-refractivity contribution >= 4 is 5.91 Å². The lowest BCUT2D eigenvalue weighted by Crippen LogP contribution is -2.30. The van der Waals surface area contributed by atoms with Gasteiger partial charge >= 0.3 is 0 Å². The van der Waals surface area contributed by atoms with Crippen molar-refractivity contribution in [2.24, 2.45) is 0 Å². The second-order valence-electron chi connectivity index (χ2n) is 3.47. The van der Waals surface area contributed by atoms with Gasteiger partial charge in [0.15, 0.2) is 0 Å². The molecule has 0 aliphatic carbocycles. The van der Waals surface area contributed by atoms with E-state index in [1.165, 1.54) is 0 Å². The second-order valence-corrected chi connectivity index (χ2v) is 3.47. The van der Waals surface area contributed by atoms with Crippen LogP contribution in [0.4, 0.5) is 0 Å². The van der Waals surface area contributed by atoms with Crippen molar-refractivity contribution in [3.8, 4) is 0 Å². The standard InChI is InChI=1S/C11H18N4O2/c1-17-7-6-15-11(16)2-3-12-8-10-9-13-4-5-14-10/h4-5,9,12H,2-3,6-8H2,1H3,(H,15,16). The summed E-state index contributed by atoms with van der Waals surface area (Å²) in [7, 11) is 1.61. The molecule has 0 bridgehead atoms. The first-order valence-electron chi connectivity index (χ1n) is 5.54. The van der Waals surface area contributed by atoms with Crippen LogP contribution in [0.5, 0.6) is 0 Å². The van der Waals surface area contributed by atoms with Crippen LogP contribution in [0.3, 0.4) is 0 Å². The van der Waals surface area contributed by atoms with Crippen LogP contribution in [0.2, 0.25) is 0 Å². The smallest absolute Gasteiger partial charge is 0.221 e. The van der Waals surface area contributed by atoms with Crippen LogP contribution in [-0.4, -0.2) is 42.7 Å². The Bertz CT molecular complexity index is 319. The van der Waals surface area contributed by atoms with E-state index < -0.39 is 0 Å². The molecule has 1 aromatic rings. The lowest BCUT2D eigenvalue weighted by molar-refractivity contribution is -0.121. The molecule has 94 valence electrons. The highest BCUT2D eigenvalue weighted by atomic mass is 16.5. The van der Waals surface area contributed by atoms with Crippen LogP contribution in [0, 0.1) is 0 Å². The van der Waals surface area contributed by atoms with E-state index in [-0.39, 0.29) is 5.91 Å². The number of hydrogen-bond acceptors (Lipinski definition) is 5. The molecule has 2 N–H and O–H groups in total. The third kappa shape index (κ3) is 6.60. The fourth-order valence-electron chi connectivity index (χ4n) is 1.22. The van der Waals surface area contributed by atoms with Crippen LogP contribution in [0.1, 0.15) is 12.1 Å². The van der Waals surface area contributed by atoms with Gasteiger partial charge in [0.1, 0.15) is 0 Å². The van der Waals surface area contributed by atoms with Gasteiger partial charge in [-0.3, -0.25) is 14.8 Å². The number of rotatable bonds is 8. The molecule has 0 unspecified atom stereocenters. The van der Waals surface area contributed by atoms with Crippen molar-refractivity contribution < 1.29 is 9.53 Å². The quantitative estimate of drug-likeness (QED) is 0.609. The van der Waals surface area contributed by atoms with Crippen LogP contribution >= 0.6 is 0 Å². The molecule has 6 heteroatoms. The SMILES string of the molecule is COCCNC(=O)CCNCc1cnccn1. The average Bonchev–Trinajstić information content (AvgIpc) is 2.36. The summed E-state index contributed by atoms with van der Waals surface area (Å²) in [5, 5.41) is 5.88. The maximum absolute atomic E-state index is 11.3. The van der Waals surface area contributed by atoms with Gasteiger partial charge in [-0.15, -0.1) is 0 Å². The lowest BCUT2D eigenvalue weighted by atomic mass is 10.3. The highest BCUT2D eigenvalue weighted by molar-refractivity contribution is 5.75. The molecule has 1 aromatic heterocycles. The minimum Gasteiger partial charge on any atom is -0.383 e. The van der Waals surface area contributed by atoms with Gasteiger partial charge in [-0.05, 0) is 0 Å². The van der Waals surface area contributed by atoms with Crippen molar-refractivity contribution in [3.63, 3.8) is 0 Å². The largest absolute Gasteiger partial charge is 0.383 e. The van der Waals surface area contributed by atoms with E-state index in [2.05, 4.69) is 20.6 Å². The maximum Gasteiger partial charge on any atom is 0.221 e. The van der Waals surface area contributed by atoms with Crippen LogP contribution in [-0.2, 0) is 16.1 Å². The first-order valence-corrected chi connectivity index (χ1v) is 5.54. The zero-order valence-corrected chi connectivity index (χ0v) is 9.98. The van der Waals surface area contributed by atoms with Gasteiger partial charge in [0, 0.05) is 51.8 Å².